The summed E-state index contributed by atoms with van der Waals surface area (Å²) in [5.41, 5.74) is 5.97. The first-order valence-corrected chi connectivity index (χ1v) is 7.45. The van der Waals surface area contributed by atoms with Gasteiger partial charge < -0.3 is 15.8 Å². The molecule has 0 aromatic carbocycles. The number of carbonyl (C=O) groups excluding carboxylic acids is 1. The second-order valence-corrected chi connectivity index (χ2v) is 6.12. The van der Waals surface area contributed by atoms with Gasteiger partial charge in [-0.25, -0.2) is 0 Å². The van der Waals surface area contributed by atoms with Crippen LogP contribution in [0.3, 0.4) is 0 Å². The van der Waals surface area contributed by atoms with Crippen molar-refractivity contribution in [3.05, 3.63) is 22.4 Å². The van der Waals surface area contributed by atoms with Crippen LogP contribution >= 0.6 is 11.3 Å². The van der Waals surface area contributed by atoms with Crippen LogP contribution in [0.1, 0.15) is 24.2 Å². The number of oxime groups is 1. The number of nitrogens with two attached hydrogens (primary N) is 1. The minimum absolute atomic E-state index is 0.0764. The number of hydrogen-bond acceptors (Lipinski definition) is 5. The van der Waals surface area contributed by atoms with Crippen molar-refractivity contribution in [2.45, 2.75) is 19.4 Å². The third kappa shape index (κ3) is 2.78. The summed E-state index contributed by atoms with van der Waals surface area (Å²) in [7, 11) is 0. The van der Waals surface area contributed by atoms with Gasteiger partial charge in [-0.3, -0.25) is 9.69 Å². The number of amides is 1. The summed E-state index contributed by atoms with van der Waals surface area (Å²) in [5.74, 6) is 0.266. The van der Waals surface area contributed by atoms with Gasteiger partial charge in [-0.15, -0.1) is 0 Å². The maximum Gasteiger partial charge on any atom is 0.254 e. The molecular formula is C13H20N4O2S. The fraction of sp³-hybridized carbons (Fsp3) is 0.538. The molecule has 2 heterocycles. The summed E-state index contributed by atoms with van der Waals surface area (Å²) in [6, 6.07) is 1.85. The van der Waals surface area contributed by atoms with Crippen molar-refractivity contribution in [1.29, 1.82) is 0 Å². The molecule has 0 aliphatic carbocycles. The molecule has 0 bridgehead atoms. The van der Waals surface area contributed by atoms with E-state index in [1.165, 1.54) is 11.3 Å². The van der Waals surface area contributed by atoms with Crippen LogP contribution in [0.5, 0.6) is 0 Å². The zero-order valence-corrected chi connectivity index (χ0v) is 12.6. The number of piperazine rings is 1. The molecule has 0 radical (unpaired) electrons. The summed E-state index contributed by atoms with van der Waals surface area (Å²) in [6.07, 6.45) is 0. The van der Waals surface area contributed by atoms with Crippen molar-refractivity contribution in [1.82, 2.24) is 9.80 Å². The van der Waals surface area contributed by atoms with E-state index >= 15 is 0 Å². The third-order valence-corrected chi connectivity index (χ3v) is 4.54. The van der Waals surface area contributed by atoms with Crippen molar-refractivity contribution in [2.24, 2.45) is 10.9 Å². The van der Waals surface area contributed by atoms with Crippen LogP contribution in [-0.4, -0.2) is 58.5 Å². The van der Waals surface area contributed by atoms with Gasteiger partial charge in [0.2, 0.25) is 0 Å². The van der Waals surface area contributed by atoms with Gasteiger partial charge >= 0.3 is 0 Å². The van der Waals surface area contributed by atoms with E-state index in [0.29, 0.717) is 26.2 Å². The Morgan fingerprint density at radius 2 is 2.05 bits per heavy atom. The van der Waals surface area contributed by atoms with Crippen LogP contribution < -0.4 is 5.73 Å². The Kier molecular flexibility index (Phi) is 4.29. The van der Waals surface area contributed by atoms with Gasteiger partial charge in [0.05, 0.1) is 11.1 Å². The molecule has 1 aromatic rings. The molecule has 110 valence electrons. The van der Waals surface area contributed by atoms with Crippen LogP contribution in [0.4, 0.5) is 0 Å². The lowest BCUT2D eigenvalue weighted by Crippen LogP contribution is -2.60. The van der Waals surface area contributed by atoms with Gasteiger partial charge in [0.15, 0.2) is 5.84 Å². The summed E-state index contributed by atoms with van der Waals surface area (Å²) in [4.78, 5) is 16.2. The van der Waals surface area contributed by atoms with Crippen LogP contribution in [0.2, 0.25) is 0 Å². The zero-order chi connectivity index (χ0) is 14.8. The Labute approximate surface area is 122 Å². The first-order chi connectivity index (χ1) is 9.46. The van der Waals surface area contributed by atoms with E-state index in [1.807, 2.05) is 35.6 Å². The fourth-order valence-electron chi connectivity index (χ4n) is 2.32. The minimum Gasteiger partial charge on any atom is -0.409 e. The summed E-state index contributed by atoms with van der Waals surface area (Å²) in [6.45, 7) is 6.54. The highest BCUT2D eigenvalue weighted by atomic mass is 32.1. The molecule has 1 amide bonds. The summed E-state index contributed by atoms with van der Waals surface area (Å²) >= 11 is 1.53. The van der Waals surface area contributed by atoms with Crippen LogP contribution in [0, 0.1) is 0 Å². The van der Waals surface area contributed by atoms with Crippen LogP contribution in [0.15, 0.2) is 22.0 Å². The van der Waals surface area contributed by atoms with Crippen molar-refractivity contribution in [2.75, 3.05) is 26.2 Å². The standard InChI is InChI=1S/C13H20N4O2S/c1-13(2,12(14)15-19)17-6-4-16(5-7-17)11(18)10-3-8-20-9-10/h3,8-9,19H,4-7H2,1-2H3,(H2,14,15). The summed E-state index contributed by atoms with van der Waals surface area (Å²) < 4.78 is 0. The molecule has 7 heteroatoms. The van der Waals surface area contributed by atoms with E-state index in [9.17, 15) is 4.79 Å². The van der Waals surface area contributed by atoms with E-state index < -0.39 is 5.54 Å². The predicted octanol–water partition coefficient (Wildman–Crippen LogP) is 1.03. The molecule has 3 N–H and O–H groups in total. The van der Waals surface area contributed by atoms with Gasteiger partial charge in [-0.1, -0.05) is 5.16 Å². The smallest absolute Gasteiger partial charge is 0.254 e. The lowest BCUT2D eigenvalue weighted by Gasteiger charge is -2.43. The molecule has 1 aliphatic rings. The first kappa shape index (κ1) is 14.8. The van der Waals surface area contributed by atoms with Crippen molar-refractivity contribution >= 4 is 23.1 Å². The summed E-state index contributed by atoms with van der Waals surface area (Å²) in [5, 5.41) is 15.7. The Hall–Kier alpha value is -1.60. The molecule has 0 spiro atoms. The average molecular weight is 296 g/mol. The Morgan fingerprint density at radius 3 is 2.55 bits per heavy atom. The Bertz CT molecular complexity index is 490. The minimum atomic E-state index is -0.508. The van der Waals surface area contributed by atoms with Gasteiger partial charge in [0.25, 0.3) is 5.91 Å². The highest BCUT2D eigenvalue weighted by Crippen LogP contribution is 2.19. The van der Waals surface area contributed by atoms with Crippen LogP contribution in [-0.2, 0) is 0 Å². The van der Waals surface area contributed by atoms with E-state index in [0.717, 1.165) is 5.56 Å². The highest BCUT2D eigenvalue weighted by molar-refractivity contribution is 7.08. The fourth-order valence-corrected chi connectivity index (χ4v) is 2.95. The third-order valence-electron chi connectivity index (χ3n) is 3.86. The van der Waals surface area contributed by atoms with E-state index in [4.69, 9.17) is 10.9 Å². The second-order valence-electron chi connectivity index (χ2n) is 5.34. The van der Waals surface area contributed by atoms with Crippen molar-refractivity contribution in [3.63, 3.8) is 0 Å². The van der Waals surface area contributed by atoms with Gasteiger partial charge in [0.1, 0.15) is 0 Å². The Balaban J connectivity index is 1.98. The normalized spacial score (nSPS) is 18.3. The molecule has 0 atom stereocenters. The maximum absolute atomic E-state index is 12.2. The largest absolute Gasteiger partial charge is 0.409 e. The molecule has 1 aromatic heterocycles. The molecule has 2 rings (SSSR count). The lowest BCUT2D eigenvalue weighted by molar-refractivity contribution is 0.0532. The average Bonchev–Trinajstić information content (AvgIpc) is 2.99. The number of hydrogen-bond donors (Lipinski definition) is 2. The molecule has 6 nitrogen and oxygen atoms in total. The molecule has 0 saturated carbocycles. The highest BCUT2D eigenvalue weighted by Gasteiger charge is 2.34. The molecule has 1 aliphatic heterocycles. The monoisotopic (exact) mass is 296 g/mol. The SMILES string of the molecule is CC(C)(C(N)=NO)N1CCN(C(=O)c2ccsc2)CC1. The van der Waals surface area contributed by atoms with Crippen molar-refractivity contribution < 1.29 is 10.0 Å². The number of nitrogens with zero attached hydrogens (tertiary/aromatic N) is 3. The van der Waals surface area contributed by atoms with E-state index in [2.05, 4.69) is 10.1 Å². The van der Waals surface area contributed by atoms with Gasteiger partial charge in [0, 0.05) is 31.6 Å². The van der Waals surface area contributed by atoms with Gasteiger partial charge in [-0.05, 0) is 25.3 Å². The van der Waals surface area contributed by atoms with E-state index in [-0.39, 0.29) is 11.7 Å². The number of carbonyl (C=O) groups is 1. The van der Waals surface area contributed by atoms with Gasteiger partial charge in [-0.2, -0.15) is 11.3 Å². The topological polar surface area (TPSA) is 82.2 Å². The van der Waals surface area contributed by atoms with E-state index in [1.54, 1.807) is 0 Å². The second kappa shape index (κ2) is 5.80. The molecular weight excluding hydrogens is 276 g/mol. The molecule has 1 saturated heterocycles. The molecule has 0 unspecified atom stereocenters. The Morgan fingerprint density at radius 1 is 1.40 bits per heavy atom. The predicted molar refractivity (Wildman–Crippen MR) is 79.3 cm³/mol. The lowest BCUT2D eigenvalue weighted by atomic mass is 10.00. The first-order valence-electron chi connectivity index (χ1n) is 6.51. The number of thiophene rings is 1. The van der Waals surface area contributed by atoms with Crippen molar-refractivity contribution in [3.8, 4) is 0 Å². The quantitative estimate of drug-likeness (QED) is 0.378. The zero-order valence-electron chi connectivity index (χ0n) is 11.7. The molecule has 1 fully saturated rings. The number of rotatable bonds is 3. The maximum atomic E-state index is 12.2. The molecule has 20 heavy (non-hydrogen) atoms. The van der Waals surface area contributed by atoms with Crippen LogP contribution in [0.25, 0.3) is 0 Å². The number of amidine groups is 1.